The Morgan fingerprint density at radius 3 is 2.31 bits per heavy atom. The summed E-state index contributed by atoms with van der Waals surface area (Å²) in [6.45, 7) is 1.65. The molecule has 1 N–H and O–H groups in total. The van der Waals surface area contributed by atoms with E-state index in [4.69, 9.17) is 16.6 Å². The number of nitrogens with zero attached hydrogens (tertiary/aromatic N) is 2. The molecule has 0 radical (unpaired) electrons. The number of halogens is 1. The highest BCUT2D eigenvalue weighted by atomic mass is 35.5. The largest absolute Gasteiger partial charge is 0.296 e. The lowest BCUT2D eigenvalue weighted by Gasteiger charge is -2.03. The quantitative estimate of drug-likeness (QED) is 0.156. The Kier molecular flexibility index (Phi) is 6.57. The molecular weight excluding hydrogens is 572 g/mol. The first-order valence-electron chi connectivity index (χ1n) is 11.8. The van der Waals surface area contributed by atoms with Crippen LogP contribution in [0.25, 0.3) is 41.6 Å². The molecule has 0 saturated carbocycles. The van der Waals surface area contributed by atoms with Crippen LogP contribution < -0.4 is 0 Å². The first kappa shape index (κ1) is 25.8. The fourth-order valence-electron chi connectivity index (χ4n) is 4.41. The molecule has 6 nitrogen and oxygen atoms in total. The van der Waals surface area contributed by atoms with Gasteiger partial charge in [-0.3, -0.25) is 9.35 Å². The van der Waals surface area contributed by atoms with Crippen LogP contribution in [0.2, 0.25) is 5.02 Å². The maximum atomic E-state index is 12.6. The molecular formula is C29H19ClN2O4S3. The number of Topliss-reactive ketones (excluding diaryl/α,β-unsaturated/α-hetero) is 1. The van der Waals surface area contributed by atoms with E-state index in [1.807, 2.05) is 42.5 Å². The average molecular weight is 591 g/mol. The first-order valence-corrected chi connectivity index (χ1v) is 15.3. The monoisotopic (exact) mass is 590 g/mol. The summed E-state index contributed by atoms with van der Waals surface area (Å²) in [6.07, 6.45) is 0.283. The van der Waals surface area contributed by atoms with Crippen molar-refractivity contribution in [1.29, 1.82) is 0 Å². The molecule has 0 bridgehead atoms. The van der Waals surface area contributed by atoms with Crippen LogP contribution >= 0.6 is 34.3 Å². The van der Waals surface area contributed by atoms with Gasteiger partial charge in [-0.2, -0.15) is 8.42 Å². The molecule has 0 aliphatic heterocycles. The van der Waals surface area contributed by atoms with Crippen LogP contribution in [-0.4, -0.2) is 28.7 Å². The zero-order valence-electron chi connectivity index (χ0n) is 20.4. The minimum absolute atomic E-state index is 0.00600. The number of aromatic nitrogens is 2. The summed E-state index contributed by atoms with van der Waals surface area (Å²) in [4.78, 5) is 21.9. The number of benzene rings is 4. The molecule has 39 heavy (non-hydrogen) atoms. The molecule has 194 valence electrons. The van der Waals surface area contributed by atoms with E-state index in [9.17, 15) is 17.8 Å². The SMILES string of the molecule is Cc1ccc2nc(-c3ccc4nc(-c5ccc(CC(=O)c6cccc(Cl)c6)cc5)sc4c3)sc2c1S(=O)(=O)O. The van der Waals surface area contributed by atoms with Gasteiger partial charge in [0.15, 0.2) is 5.78 Å². The Hall–Kier alpha value is -3.47. The van der Waals surface area contributed by atoms with Gasteiger partial charge in [0.05, 0.1) is 20.4 Å². The summed E-state index contributed by atoms with van der Waals surface area (Å²) in [7, 11) is -4.38. The Balaban J connectivity index is 1.28. The number of fused-ring (bicyclic) bond motifs is 2. The van der Waals surface area contributed by atoms with Gasteiger partial charge in [-0.25, -0.2) is 9.97 Å². The molecule has 6 rings (SSSR count). The zero-order valence-corrected chi connectivity index (χ0v) is 23.6. The van der Waals surface area contributed by atoms with Crippen LogP contribution in [0.15, 0.2) is 83.8 Å². The molecule has 4 aromatic carbocycles. The van der Waals surface area contributed by atoms with Gasteiger partial charge in [-0.15, -0.1) is 22.7 Å². The zero-order chi connectivity index (χ0) is 27.3. The van der Waals surface area contributed by atoms with E-state index in [0.29, 0.717) is 31.4 Å². The van der Waals surface area contributed by atoms with Crippen molar-refractivity contribution in [3.05, 3.63) is 101 Å². The van der Waals surface area contributed by atoms with Gasteiger partial charge in [0.1, 0.15) is 14.9 Å². The number of hydrogen-bond donors (Lipinski definition) is 1. The number of aryl methyl sites for hydroxylation is 1. The van der Waals surface area contributed by atoms with Crippen molar-refractivity contribution in [2.75, 3.05) is 0 Å². The van der Waals surface area contributed by atoms with Crippen LogP contribution in [0, 0.1) is 6.92 Å². The van der Waals surface area contributed by atoms with Gasteiger partial charge in [0.2, 0.25) is 0 Å². The van der Waals surface area contributed by atoms with Crippen LogP contribution in [0.5, 0.6) is 0 Å². The van der Waals surface area contributed by atoms with Crippen molar-refractivity contribution in [2.24, 2.45) is 0 Å². The van der Waals surface area contributed by atoms with Gasteiger partial charge in [0, 0.05) is 28.1 Å². The predicted molar refractivity (Wildman–Crippen MR) is 158 cm³/mol. The molecule has 6 aromatic rings. The number of ketones is 1. The molecule has 2 aromatic heterocycles. The standard InChI is InChI=1S/C29H19ClN2O4S3/c1-16-5-11-23-26(27(16)39(34,35)36)38-29(32-23)20-10-12-22-25(15-20)37-28(31-22)18-8-6-17(7-9-18)13-24(33)19-3-2-4-21(30)14-19/h2-12,14-15H,13H2,1H3,(H,34,35,36). The van der Waals surface area contributed by atoms with Gasteiger partial charge in [-0.1, -0.05) is 54.1 Å². The summed E-state index contributed by atoms with van der Waals surface area (Å²) >= 11 is 8.79. The van der Waals surface area contributed by atoms with E-state index < -0.39 is 10.1 Å². The molecule has 0 amide bonds. The minimum Gasteiger partial charge on any atom is -0.294 e. The average Bonchev–Trinajstić information content (AvgIpc) is 3.52. The Bertz CT molecular complexity index is 2010. The smallest absolute Gasteiger partial charge is 0.294 e. The highest BCUT2D eigenvalue weighted by Gasteiger charge is 2.21. The number of rotatable bonds is 6. The molecule has 0 saturated heterocycles. The summed E-state index contributed by atoms with van der Waals surface area (Å²) < 4.78 is 35.1. The van der Waals surface area contributed by atoms with Crippen LogP contribution in [-0.2, 0) is 16.5 Å². The Morgan fingerprint density at radius 2 is 1.56 bits per heavy atom. The van der Waals surface area contributed by atoms with Crippen molar-refractivity contribution in [1.82, 2.24) is 9.97 Å². The van der Waals surface area contributed by atoms with Gasteiger partial charge >= 0.3 is 0 Å². The fraction of sp³-hybridized carbons (Fsp3) is 0.0690. The van der Waals surface area contributed by atoms with Crippen molar-refractivity contribution in [3.63, 3.8) is 0 Å². The molecule has 0 aliphatic rings. The lowest BCUT2D eigenvalue weighted by molar-refractivity contribution is 0.0993. The van der Waals surface area contributed by atoms with Crippen LogP contribution in [0.4, 0.5) is 0 Å². The second kappa shape index (κ2) is 9.93. The van der Waals surface area contributed by atoms with E-state index in [0.717, 1.165) is 31.9 Å². The third kappa shape index (κ3) is 5.11. The molecule has 0 unspecified atom stereocenters. The van der Waals surface area contributed by atoms with Gasteiger partial charge < -0.3 is 0 Å². The van der Waals surface area contributed by atoms with Gasteiger partial charge in [-0.05, 0) is 54.4 Å². The topological polar surface area (TPSA) is 97.2 Å². The Morgan fingerprint density at radius 1 is 0.872 bits per heavy atom. The molecule has 0 aliphatic carbocycles. The molecule has 0 fully saturated rings. The van der Waals surface area contributed by atoms with E-state index in [1.165, 1.54) is 11.3 Å². The van der Waals surface area contributed by atoms with E-state index >= 15 is 0 Å². The predicted octanol–water partition coefficient (Wildman–Crippen LogP) is 7.87. The summed E-state index contributed by atoms with van der Waals surface area (Å²) in [5, 5.41) is 2.05. The number of carbonyl (C=O) groups excluding carboxylic acids is 1. The highest BCUT2D eigenvalue weighted by Crippen LogP contribution is 2.38. The number of thiazole rings is 2. The first-order chi connectivity index (χ1) is 18.7. The van der Waals surface area contributed by atoms with E-state index in [-0.39, 0.29) is 17.1 Å². The number of hydrogen-bond acceptors (Lipinski definition) is 7. The van der Waals surface area contributed by atoms with Crippen LogP contribution in [0.3, 0.4) is 0 Å². The maximum Gasteiger partial charge on any atom is 0.296 e. The highest BCUT2D eigenvalue weighted by molar-refractivity contribution is 7.86. The lowest BCUT2D eigenvalue weighted by Crippen LogP contribution is -2.03. The normalized spacial score (nSPS) is 11.9. The van der Waals surface area contributed by atoms with Crippen molar-refractivity contribution >= 4 is 70.6 Å². The van der Waals surface area contributed by atoms with Crippen molar-refractivity contribution in [2.45, 2.75) is 18.2 Å². The summed E-state index contributed by atoms with van der Waals surface area (Å²) in [5.41, 5.74) is 5.12. The third-order valence-electron chi connectivity index (χ3n) is 6.31. The molecule has 0 spiro atoms. The van der Waals surface area contributed by atoms with E-state index in [1.54, 1.807) is 54.7 Å². The minimum atomic E-state index is -4.38. The molecule has 2 heterocycles. The van der Waals surface area contributed by atoms with E-state index in [2.05, 4.69) is 4.98 Å². The second-order valence-electron chi connectivity index (χ2n) is 9.06. The lowest BCUT2D eigenvalue weighted by atomic mass is 10.0. The van der Waals surface area contributed by atoms with Crippen molar-refractivity contribution < 1.29 is 17.8 Å². The summed E-state index contributed by atoms with van der Waals surface area (Å²) in [6, 6.07) is 24.0. The molecule has 0 atom stereocenters. The maximum absolute atomic E-state index is 12.6. The van der Waals surface area contributed by atoms with Gasteiger partial charge in [0.25, 0.3) is 10.1 Å². The van der Waals surface area contributed by atoms with Crippen LogP contribution in [0.1, 0.15) is 21.5 Å². The number of carbonyl (C=O) groups is 1. The molecule has 10 heteroatoms. The second-order valence-corrected chi connectivity index (χ2v) is 12.9. The van der Waals surface area contributed by atoms with Crippen molar-refractivity contribution in [3.8, 4) is 21.1 Å². The Labute approximate surface area is 237 Å². The fourth-order valence-corrected chi connectivity index (χ4v) is 7.92. The summed E-state index contributed by atoms with van der Waals surface area (Å²) in [5.74, 6) is 0.00600. The third-order valence-corrected chi connectivity index (χ3v) is 9.93.